The van der Waals surface area contributed by atoms with Crippen molar-refractivity contribution < 1.29 is 33.3 Å². The number of esters is 1. The Balaban J connectivity index is 1.28. The minimum absolute atomic E-state index is 0.0502. The zero-order valence-electron chi connectivity index (χ0n) is 29.4. The number of benzene rings is 2. The van der Waals surface area contributed by atoms with Crippen LogP contribution in [0.4, 0.5) is 0 Å². The summed E-state index contributed by atoms with van der Waals surface area (Å²) in [7, 11) is 1.64. The summed E-state index contributed by atoms with van der Waals surface area (Å²) >= 11 is 0. The second-order valence-corrected chi connectivity index (χ2v) is 14.6. The van der Waals surface area contributed by atoms with E-state index in [0.717, 1.165) is 11.1 Å². The van der Waals surface area contributed by atoms with Crippen LogP contribution in [-0.2, 0) is 14.2 Å². The standard InChI is InChI=1S/C41H42N2O8/c1-23-9-6-7-11-28(23)39(47-5)49-30-16-17-40(3)29(24(30)2)19-33(50-37(45)26-14-12-25(21-42)13-15-26)41(4)36(40)35(44)34-32(51-41)20-31(48-38(34)46)27-10-8-18-43-22-27/h6-15,18,20,22,24,29-30,33,35-36,39,44H,16-17,19H2,1-5H3. The Morgan fingerprint density at radius 1 is 1.12 bits per heavy atom. The van der Waals surface area contributed by atoms with E-state index in [1.807, 2.05) is 38.1 Å². The van der Waals surface area contributed by atoms with Gasteiger partial charge in [-0.2, -0.15) is 5.26 Å². The zero-order valence-corrected chi connectivity index (χ0v) is 29.4. The predicted octanol–water partition coefficient (Wildman–Crippen LogP) is 7.09. The third-order valence-electron chi connectivity index (χ3n) is 11.8. The number of nitriles is 1. The molecule has 264 valence electrons. The highest BCUT2D eigenvalue weighted by Crippen LogP contribution is 2.65. The summed E-state index contributed by atoms with van der Waals surface area (Å²) in [5.74, 6) is -0.951. The van der Waals surface area contributed by atoms with Crippen LogP contribution in [-0.4, -0.2) is 41.0 Å². The molecule has 0 amide bonds. The van der Waals surface area contributed by atoms with Gasteiger partial charge in [0.25, 0.3) is 0 Å². The Bertz CT molecular complexity index is 2020. The van der Waals surface area contributed by atoms with Gasteiger partial charge in [-0.05, 0) is 92.3 Å². The quantitative estimate of drug-likeness (QED) is 0.158. The number of pyridine rings is 1. The number of rotatable bonds is 7. The van der Waals surface area contributed by atoms with E-state index in [1.54, 1.807) is 62.0 Å². The van der Waals surface area contributed by atoms with Crippen molar-refractivity contribution in [3.8, 4) is 23.1 Å². The number of methoxy groups -OCH3 is 1. The fourth-order valence-corrected chi connectivity index (χ4v) is 9.14. The highest BCUT2D eigenvalue weighted by atomic mass is 16.7. The fourth-order valence-electron chi connectivity index (χ4n) is 9.14. The summed E-state index contributed by atoms with van der Waals surface area (Å²) in [6, 6.07) is 21.4. The smallest absolute Gasteiger partial charge is 0.345 e. The maximum atomic E-state index is 13.8. The molecule has 10 nitrogen and oxygen atoms in total. The molecule has 0 spiro atoms. The minimum atomic E-state index is -1.27. The Labute approximate surface area is 297 Å². The van der Waals surface area contributed by atoms with Gasteiger partial charge in [0.2, 0.25) is 0 Å². The van der Waals surface area contributed by atoms with Crippen LogP contribution < -0.4 is 10.4 Å². The normalized spacial score (nSPS) is 30.1. The lowest BCUT2D eigenvalue weighted by Crippen LogP contribution is -2.69. The molecule has 10 heteroatoms. The Morgan fingerprint density at radius 3 is 2.57 bits per heavy atom. The average molecular weight is 691 g/mol. The molecule has 4 aromatic rings. The summed E-state index contributed by atoms with van der Waals surface area (Å²) in [5, 5.41) is 21.6. The monoisotopic (exact) mass is 690 g/mol. The number of hydrogen-bond donors (Lipinski definition) is 1. The van der Waals surface area contributed by atoms with Crippen molar-refractivity contribution in [1.29, 1.82) is 5.26 Å². The number of aliphatic hydroxyl groups excluding tert-OH is 1. The first kappa shape index (κ1) is 34.6. The molecular weight excluding hydrogens is 648 g/mol. The van der Waals surface area contributed by atoms with Crippen LogP contribution in [0, 0.1) is 41.4 Å². The molecule has 1 N–H and O–H groups in total. The van der Waals surface area contributed by atoms with Gasteiger partial charge in [0.05, 0.1) is 29.4 Å². The number of carbonyl (C=O) groups is 1. The van der Waals surface area contributed by atoms with Gasteiger partial charge < -0.3 is 28.5 Å². The molecule has 0 radical (unpaired) electrons. The van der Waals surface area contributed by atoms with E-state index >= 15 is 0 Å². The van der Waals surface area contributed by atoms with E-state index < -0.39 is 47.0 Å². The molecule has 9 unspecified atom stereocenters. The maximum Gasteiger partial charge on any atom is 0.345 e. The molecule has 2 aromatic heterocycles. The van der Waals surface area contributed by atoms with Crippen LogP contribution in [0.25, 0.3) is 11.3 Å². The lowest BCUT2D eigenvalue weighted by molar-refractivity contribution is -0.258. The van der Waals surface area contributed by atoms with Gasteiger partial charge in [0.1, 0.15) is 28.8 Å². The number of nitrogens with zero attached hydrogens (tertiary/aromatic N) is 2. The van der Waals surface area contributed by atoms with Crippen molar-refractivity contribution in [3.05, 3.63) is 117 Å². The molecule has 3 heterocycles. The van der Waals surface area contributed by atoms with Gasteiger partial charge in [0, 0.05) is 42.6 Å². The minimum Gasteiger partial charge on any atom is -0.482 e. The topological polar surface area (TPSA) is 141 Å². The number of ether oxygens (including phenoxy) is 4. The van der Waals surface area contributed by atoms with Gasteiger partial charge in [0.15, 0.2) is 6.29 Å². The molecule has 2 saturated carbocycles. The number of carbonyl (C=O) groups excluding carboxylic acids is 1. The van der Waals surface area contributed by atoms with Crippen LogP contribution in [0.1, 0.15) is 85.0 Å². The van der Waals surface area contributed by atoms with Crippen LogP contribution in [0.15, 0.2) is 88.3 Å². The number of hydrogen-bond acceptors (Lipinski definition) is 10. The first-order valence-electron chi connectivity index (χ1n) is 17.4. The Morgan fingerprint density at radius 2 is 1.88 bits per heavy atom. The summed E-state index contributed by atoms with van der Waals surface area (Å²) in [6.07, 6.45) is 2.09. The average Bonchev–Trinajstić information content (AvgIpc) is 3.12. The second-order valence-electron chi connectivity index (χ2n) is 14.6. The lowest BCUT2D eigenvalue weighted by atomic mass is 9.46. The van der Waals surface area contributed by atoms with Gasteiger partial charge in [-0.15, -0.1) is 0 Å². The summed E-state index contributed by atoms with van der Waals surface area (Å²) < 4.78 is 31.5. The summed E-state index contributed by atoms with van der Waals surface area (Å²) in [6.45, 7) is 8.18. The van der Waals surface area contributed by atoms with Crippen LogP contribution in [0.3, 0.4) is 0 Å². The molecule has 9 atom stereocenters. The van der Waals surface area contributed by atoms with Crippen LogP contribution >= 0.6 is 0 Å². The van der Waals surface area contributed by atoms with Crippen molar-refractivity contribution in [2.24, 2.45) is 23.2 Å². The molecule has 2 aromatic carbocycles. The molecule has 0 bridgehead atoms. The van der Waals surface area contributed by atoms with E-state index in [-0.39, 0.29) is 40.6 Å². The summed E-state index contributed by atoms with van der Waals surface area (Å²) in [5.41, 5.74) is 0.882. The molecular formula is C41H42N2O8. The lowest BCUT2D eigenvalue weighted by Gasteiger charge is -2.64. The van der Waals surface area contributed by atoms with E-state index in [1.165, 1.54) is 0 Å². The number of aryl methyl sites for hydroxylation is 1. The molecule has 7 rings (SSSR count). The van der Waals surface area contributed by atoms with Crippen molar-refractivity contribution in [3.63, 3.8) is 0 Å². The molecule has 2 aliphatic carbocycles. The van der Waals surface area contributed by atoms with Crippen molar-refractivity contribution >= 4 is 5.97 Å². The second kappa shape index (κ2) is 13.4. The predicted molar refractivity (Wildman–Crippen MR) is 186 cm³/mol. The van der Waals surface area contributed by atoms with Crippen LogP contribution in [0.2, 0.25) is 0 Å². The van der Waals surface area contributed by atoms with Crippen molar-refractivity contribution in [2.75, 3.05) is 7.11 Å². The first-order chi connectivity index (χ1) is 24.5. The van der Waals surface area contributed by atoms with Gasteiger partial charge >= 0.3 is 11.6 Å². The Hall–Kier alpha value is -4.82. The molecule has 0 saturated heterocycles. The highest BCUT2D eigenvalue weighted by molar-refractivity contribution is 5.89. The largest absolute Gasteiger partial charge is 0.482 e. The summed E-state index contributed by atoms with van der Waals surface area (Å²) in [4.78, 5) is 31.6. The van der Waals surface area contributed by atoms with E-state index in [0.29, 0.717) is 30.4 Å². The molecule has 3 aliphatic rings. The van der Waals surface area contributed by atoms with Crippen molar-refractivity contribution in [1.82, 2.24) is 4.98 Å². The van der Waals surface area contributed by atoms with Crippen LogP contribution in [0.5, 0.6) is 5.75 Å². The third kappa shape index (κ3) is 5.93. The van der Waals surface area contributed by atoms with E-state index in [4.69, 9.17) is 23.4 Å². The maximum absolute atomic E-state index is 13.8. The Kier molecular flexibility index (Phi) is 9.08. The van der Waals surface area contributed by atoms with Gasteiger partial charge in [-0.1, -0.05) is 38.1 Å². The number of aromatic nitrogens is 1. The van der Waals surface area contributed by atoms with E-state index in [2.05, 4.69) is 24.9 Å². The SMILES string of the molecule is COC(OC1CCC2(C)C(CC(OC(=O)c3ccc(C#N)cc3)C3(C)Oc4cc(-c5cccnc5)oc(=O)c4C(O)C23)C1C)c1ccccc1C. The molecule has 1 aliphatic heterocycles. The van der Waals surface area contributed by atoms with E-state index in [9.17, 15) is 20.0 Å². The zero-order chi connectivity index (χ0) is 36.1. The molecule has 51 heavy (non-hydrogen) atoms. The van der Waals surface area contributed by atoms with Crippen molar-refractivity contribution in [2.45, 2.75) is 77.2 Å². The number of fused-ring (bicyclic) bond motifs is 4. The number of aliphatic hydroxyl groups is 1. The fraction of sp³-hybridized carbons (Fsp3) is 0.415. The third-order valence-corrected chi connectivity index (χ3v) is 11.8. The highest BCUT2D eigenvalue weighted by Gasteiger charge is 2.68. The van der Waals surface area contributed by atoms with Gasteiger partial charge in [-0.3, -0.25) is 4.98 Å². The molecule has 2 fully saturated rings. The van der Waals surface area contributed by atoms with Gasteiger partial charge in [-0.25, -0.2) is 9.59 Å². The first-order valence-corrected chi connectivity index (χ1v) is 17.4.